The first-order valence-electron chi connectivity index (χ1n) is 10.4. The summed E-state index contributed by atoms with van der Waals surface area (Å²) in [6.45, 7) is 1.57. The monoisotopic (exact) mass is 499 g/mol. The van der Waals surface area contributed by atoms with E-state index in [4.69, 9.17) is 16.7 Å². The van der Waals surface area contributed by atoms with E-state index in [-0.39, 0.29) is 22.9 Å². The lowest BCUT2D eigenvalue weighted by atomic mass is 10.1. The Morgan fingerprint density at radius 2 is 1.97 bits per heavy atom. The molecule has 3 N–H and O–H groups in total. The smallest absolute Gasteiger partial charge is 0.238 e. The first-order valence-corrected chi connectivity index (χ1v) is 12.3. The van der Waals surface area contributed by atoms with Gasteiger partial charge in [-0.25, -0.2) is 23.3 Å². The number of amides is 1. The van der Waals surface area contributed by atoms with Crippen LogP contribution in [0.2, 0.25) is 5.02 Å². The van der Waals surface area contributed by atoms with E-state index < -0.39 is 10.0 Å². The van der Waals surface area contributed by atoms with Gasteiger partial charge in [-0.05, 0) is 35.9 Å². The first-order chi connectivity index (χ1) is 16.2. The molecule has 0 aliphatic carbocycles. The predicted molar refractivity (Wildman–Crippen MR) is 131 cm³/mol. The van der Waals surface area contributed by atoms with E-state index in [1.54, 1.807) is 42.5 Å². The summed E-state index contributed by atoms with van der Waals surface area (Å²) in [5.74, 6) is 2.14. The van der Waals surface area contributed by atoms with E-state index in [2.05, 4.69) is 10.3 Å². The number of hydrogen-bond donors (Lipinski definition) is 2. The van der Waals surface area contributed by atoms with Gasteiger partial charge in [-0.15, -0.1) is 0 Å². The van der Waals surface area contributed by atoms with Crippen LogP contribution in [-0.2, 0) is 26.0 Å². The molecule has 1 aliphatic heterocycles. The summed E-state index contributed by atoms with van der Waals surface area (Å²) in [6, 6.07) is 13.2. The third-order valence-electron chi connectivity index (χ3n) is 5.60. The number of carbonyl (C=O) groups is 1. The molecular formula is C23H22ClN5O4S. The van der Waals surface area contributed by atoms with Gasteiger partial charge in [0.15, 0.2) is 0 Å². The molecule has 1 fully saturated rings. The molecule has 9 nitrogen and oxygen atoms in total. The van der Waals surface area contributed by atoms with Crippen LogP contribution in [0.1, 0.15) is 5.56 Å². The zero-order chi connectivity index (χ0) is 24.5. The largest absolute Gasteiger partial charge is 0.366 e. The summed E-state index contributed by atoms with van der Waals surface area (Å²) in [7, 11) is -2.28. The standard InChI is InChI=1S/C23H22ClN5O4S/c1-28-8-9-29(13-17(28)14-30)22-7-6-18-20(27-22)11-16(12-21(18)34(25,32)33)26-23(31)10-15-4-2-3-5-19(15)24/h2-7,11-12H,8-10,13H2,1H3,(H,26,31)(H2,25,32,33). The number of aromatic nitrogens is 1. The van der Waals surface area contributed by atoms with Crippen LogP contribution in [0, 0.1) is 0 Å². The maximum absolute atomic E-state index is 12.6. The molecule has 0 spiro atoms. The number of fused-ring (bicyclic) bond motifs is 1. The Kier molecular flexibility index (Phi) is 6.58. The van der Waals surface area contributed by atoms with Crippen LogP contribution in [0.25, 0.3) is 10.9 Å². The number of rotatable bonds is 5. The first kappa shape index (κ1) is 23.7. The molecule has 2 aromatic carbocycles. The predicted octanol–water partition coefficient (Wildman–Crippen LogP) is 2.18. The van der Waals surface area contributed by atoms with Gasteiger partial charge in [0.2, 0.25) is 15.9 Å². The average Bonchev–Trinajstić information content (AvgIpc) is 2.79. The number of hydrogen-bond acceptors (Lipinski definition) is 7. The number of benzene rings is 2. The molecule has 11 heteroatoms. The summed E-state index contributed by atoms with van der Waals surface area (Å²) >= 11 is 6.14. The summed E-state index contributed by atoms with van der Waals surface area (Å²) in [4.78, 5) is 32.0. The average molecular weight is 500 g/mol. The maximum Gasteiger partial charge on any atom is 0.238 e. The number of likely N-dealkylation sites (N-methyl/N-ethyl adjacent to an activating group) is 1. The van der Waals surface area contributed by atoms with Crippen molar-refractivity contribution in [2.75, 3.05) is 36.9 Å². The molecule has 176 valence electrons. The number of carbonyl (C=O) groups excluding carboxylic acids is 2. The molecule has 1 aromatic heterocycles. The van der Waals surface area contributed by atoms with Gasteiger partial charge in [-0.2, -0.15) is 0 Å². The molecule has 0 saturated carbocycles. The van der Waals surface area contributed by atoms with Crippen LogP contribution in [0.4, 0.5) is 11.5 Å². The van der Waals surface area contributed by atoms with E-state index >= 15 is 0 Å². The summed E-state index contributed by atoms with van der Waals surface area (Å²) in [6.07, 6.45) is 0.0119. The molecule has 0 radical (unpaired) electrons. The number of sulfonamides is 1. The highest BCUT2D eigenvalue weighted by atomic mass is 35.5. The Morgan fingerprint density at radius 1 is 1.21 bits per heavy atom. The van der Waals surface area contributed by atoms with Crippen molar-refractivity contribution in [3.63, 3.8) is 0 Å². The van der Waals surface area contributed by atoms with Gasteiger partial charge in [0.05, 0.1) is 23.4 Å². The second kappa shape index (κ2) is 9.44. The maximum atomic E-state index is 12.6. The van der Waals surface area contributed by atoms with Crippen molar-refractivity contribution < 1.29 is 18.0 Å². The zero-order valence-corrected chi connectivity index (χ0v) is 19.9. The fourth-order valence-electron chi connectivity index (χ4n) is 3.79. The zero-order valence-electron chi connectivity index (χ0n) is 18.3. The molecule has 1 saturated heterocycles. The van der Waals surface area contributed by atoms with Crippen LogP contribution in [0.15, 0.2) is 59.1 Å². The molecule has 2 heterocycles. The van der Waals surface area contributed by atoms with Gasteiger partial charge in [0.25, 0.3) is 0 Å². The van der Waals surface area contributed by atoms with Gasteiger partial charge in [-0.3, -0.25) is 4.79 Å². The van der Waals surface area contributed by atoms with Gasteiger partial charge >= 0.3 is 0 Å². The SMILES string of the molecule is CN1CCN(c2ccc3c(S(N)(=O)=O)cc(NC(=O)Cc4ccccc4Cl)cc3n2)CC1=C=O. The van der Waals surface area contributed by atoms with Crippen molar-refractivity contribution in [2.45, 2.75) is 11.3 Å². The summed E-state index contributed by atoms with van der Waals surface area (Å²) in [5, 5.41) is 8.95. The van der Waals surface area contributed by atoms with Crippen molar-refractivity contribution >= 4 is 55.9 Å². The third kappa shape index (κ3) is 5.05. The topological polar surface area (TPSA) is 126 Å². The highest BCUT2D eigenvalue weighted by Crippen LogP contribution is 2.29. The molecular weight excluding hydrogens is 478 g/mol. The highest BCUT2D eigenvalue weighted by molar-refractivity contribution is 7.89. The molecule has 0 unspecified atom stereocenters. The Bertz CT molecular complexity index is 1440. The van der Waals surface area contributed by atoms with E-state index in [0.29, 0.717) is 52.6 Å². The highest BCUT2D eigenvalue weighted by Gasteiger charge is 2.22. The van der Waals surface area contributed by atoms with E-state index in [9.17, 15) is 18.0 Å². The van der Waals surface area contributed by atoms with Gasteiger partial charge < -0.3 is 15.1 Å². The third-order valence-corrected chi connectivity index (χ3v) is 6.92. The molecule has 34 heavy (non-hydrogen) atoms. The van der Waals surface area contributed by atoms with Crippen molar-refractivity contribution in [1.29, 1.82) is 0 Å². The van der Waals surface area contributed by atoms with E-state index in [0.717, 1.165) is 0 Å². The number of halogens is 1. The molecule has 3 aromatic rings. The van der Waals surface area contributed by atoms with Crippen LogP contribution in [0.3, 0.4) is 0 Å². The minimum Gasteiger partial charge on any atom is -0.366 e. The summed E-state index contributed by atoms with van der Waals surface area (Å²) in [5.41, 5.74) is 1.72. The fraction of sp³-hybridized carbons (Fsp3) is 0.217. The summed E-state index contributed by atoms with van der Waals surface area (Å²) < 4.78 is 24.6. The number of nitrogens with zero attached hydrogens (tertiary/aromatic N) is 3. The molecule has 1 aliphatic rings. The Hall–Kier alpha value is -3.43. The second-order valence-corrected chi connectivity index (χ2v) is 9.90. The van der Waals surface area contributed by atoms with Gasteiger partial charge in [0.1, 0.15) is 17.5 Å². The minimum atomic E-state index is -4.10. The molecule has 4 rings (SSSR count). The minimum absolute atomic E-state index is 0.0119. The number of nitrogens with one attached hydrogen (secondary N) is 1. The number of nitrogens with two attached hydrogens (primary N) is 1. The Balaban J connectivity index is 1.69. The number of anilines is 2. The van der Waals surface area contributed by atoms with Crippen LogP contribution in [-0.4, -0.2) is 56.8 Å². The molecule has 0 atom stereocenters. The van der Waals surface area contributed by atoms with Crippen LogP contribution in [0.5, 0.6) is 0 Å². The Labute approximate surface area is 201 Å². The van der Waals surface area contributed by atoms with E-state index in [1.165, 1.54) is 6.07 Å². The van der Waals surface area contributed by atoms with Gasteiger partial charge in [-0.1, -0.05) is 29.8 Å². The fourth-order valence-corrected chi connectivity index (χ4v) is 4.76. The Morgan fingerprint density at radius 3 is 2.68 bits per heavy atom. The van der Waals surface area contributed by atoms with Crippen molar-refractivity contribution in [3.05, 3.63) is 64.8 Å². The van der Waals surface area contributed by atoms with Crippen LogP contribution >= 0.6 is 11.6 Å². The number of piperazine rings is 1. The normalized spacial score (nSPS) is 14.3. The van der Waals surface area contributed by atoms with Crippen LogP contribution < -0.4 is 15.4 Å². The second-order valence-electron chi connectivity index (χ2n) is 7.96. The lowest BCUT2D eigenvalue weighted by Crippen LogP contribution is -2.43. The van der Waals surface area contributed by atoms with Crippen molar-refractivity contribution in [1.82, 2.24) is 9.88 Å². The quantitative estimate of drug-likeness (QED) is 0.515. The lowest BCUT2D eigenvalue weighted by Gasteiger charge is -2.34. The van der Waals surface area contributed by atoms with Gasteiger partial charge in [0, 0.05) is 36.2 Å². The van der Waals surface area contributed by atoms with Crippen molar-refractivity contribution in [3.8, 4) is 0 Å². The molecule has 1 amide bonds. The lowest BCUT2D eigenvalue weighted by molar-refractivity contribution is -0.115. The van der Waals surface area contributed by atoms with Crippen molar-refractivity contribution in [2.24, 2.45) is 5.14 Å². The molecule has 0 bridgehead atoms. The van der Waals surface area contributed by atoms with E-state index in [1.807, 2.05) is 22.8 Å². The number of primary sulfonamides is 1. The number of pyridine rings is 1.